The molecule has 0 aromatic heterocycles. The van der Waals surface area contributed by atoms with Crippen LogP contribution in [-0.4, -0.2) is 17.6 Å². The van der Waals surface area contributed by atoms with E-state index >= 15 is 0 Å². The first kappa shape index (κ1) is 19.2. The molecule has 2 aromatic rings. The van der Waals surface area contributed by atoms with Gasteiger partial charge in [-0.15, -0.1) is 0 Å². The van der Waals surface area contributed by atoms with E-state index in [1.54, 1.807) is 30.3 Å². The molecule has 3 rings (SSSR count). The number of amides is 3. The molecule has 3 N–H and O–H groups in total. The first-order chi connectivity index (χ1) is 12.8. The van der Waals surface area contributed by atoms with Gasteiger partial charge in [-0.2, -0.15) is 5.10 Å². The van der Waals surface area contributed by atoms with Crippen molar-refractivity contribution in [1.29, 1.82) is 0 Å². The van der Waals surface area contributed by atoms with Crippen LogP contribution in [0.2, 0.25) is 10.0 Å². The fraction of sp³-hybridized carbons (Fsp3) is 0.211. The number of urea groups is 1. The van der Waals surface area contributed by atoms with E-state index in [1.165, 1.54) is 0 Å². The van der Waals surface area contributed by atoms with E-state index in [0.29, 0.717) is 22.8 Å². The molecule has 1 aliphatic rings. The maximum atomic E-state index is 12.3. The molecule has 1 aliphatic heterocycles. The van der Waals surface area contributed by atoms with Gasteiger partial charge in [0, 0.05) is 23.1 Å². The topological polar surface area (TPSA) is 82.6 Å². The summed E-state index contributed by atoms with van der Waals surface area (Å²) in [6, 6.07) is 11.8. The Labute approximate surface area is 166 Å². The molecule has 0 saturated heterocycles. The first-order valence-electron chi connectivity index (χ1n) is 8.26. The Balaban J connectivity index is 1.77. The minimum absolute atomic E-state index is 0.115. The lowest BCUT2D eigenvalue weighted by Crippen LogP contribution is -2.39. The third-order valence-electron chi connectivity index (χ3n) is 4.13. The molecule has 0 aliphatic carbocycles. The number of hydrazone groups is 1. The van der Waals surface area contributed by atoms with E-state index < -0.39 is 11.4 Å². The lowest BCUT2D eigenvalue weighted by Gasteiger charge is -2.29. The van der Waals surface area contributed by atoms with Crippen molar-refractivity contribution in [2.24, 2.45) is 10.5 Å². The van der Waals surface area contributed by atoms with Crippen molar-refractivity contribution in [1.82, 2.24) is 5.43 Å². The second kappa shape index (κ2) is 7.58. The molecule has 8 heteroatoms. The quantitative estimate of drug-likeness (QED) is 0.680. The summed E-state index contributed by atoms with van der Waals surface area (Å²) in [5.74, 6) is -0.115. The Morgan fingerprint density at radius 3 is 2.63 bits per heavy atom. The first-order valence-corrected chi connectivity index (χ1v) is 9.01. The third-order valence-corrected chi connectivity index (χ3v) is 4.95. The van der Waals surface area contributed by atoms with Gasteiger partial charge in [-0.1, -0.05) is 55.2 Å². The van der Waals surface area contributed by atoms with Crippen LogP contribution in [0.1, 0.15) is 25.8 Å². The van der Waals surface area contributed by atoms with Gasteiger partial charge in [0.15, 0.2) is 0 Å². The van der Waals surface area contributed by atoms with Crippen LogP contribution >= 0.6 is 23.2 Å². The number of halogens is 2. The standard InChI is InChI=1S/C19H18Cl2N4O2/c1-19(2)10-15(26)24-25-17(19)11-5-3-6-12(9-11)22-18(27)23-14-8-4-7-13(20)16(14)21/h3-9H,10H2,1-2H3,(H,24,26)(H2,22,23,27). The van der Waals surface area contributed by atoms with Crippen LogP contribution in [0, 0.1) is 5.41 Å². The summed E-state index contributed by atoms with van der Waals surface area (Å²) >= 11 is 12.0. The van der Waals surface area contributed by atoms with E-state index in [1.807, 2.05) is 26.0 Å². The van der Waals surface area contributed by atoms with Crippen molar-refractivity contribution in [3.8, 4) is 0 Å². The highest BCUT2D eigenvalue weighted by molar-refractivity contribution is 6.44. The summed E-state index contributed by atoms with van der Waals surface area (Å²) < 4.78 is 0. The van der Waals surface area contributed by atoms with Crippen LogP contribution in [-0.2, 0) is 4.79 Å². The highest BCUT2D eigenvalue weighted by atomic mass is 35.5. The molecular weight excluding hydrogens is 387 g/mol. The molecular formula is C19H18Cl2N4O2. The van der Waals surface area contributed by atoms with Crippen molar-refractivity contribution in [3.63, 3.8) is 0 Å². The number of benzene rings is 2. The van der Waals surface area contributed by atoms with Crippen LogP contribution < -0.4 is 16.1 Å². The normalized spacial score (nSPS) is 15.6. The molecule has 0 atom stereocenters. The summed E-state index contributed by atoms with van der Waals surface area (Å²) in [6.07, 6.45) is 0.344. The monoisotopic (exact) mass is 404 g/mol. The zero-order chi connectivity index (χ0) is 19.6. The molecule has 0 spiro atoms. The number of carbonyl (C=O) groups is 2. The van der Waals surface area contributed by atoms with Gasteiger partial charge >= 0.3 is 6.03 Å². The van der Waals surface area contributed by atoms with Gasteiger partial charge in [0.2, 0.25) is 5.91 Å². The summed E-state index contributed by atoms with van der Waals surface area (Å²) in [4.78, 5) is 23.9. The van der Waals surface area contributed by atoms with E-state index in [9.17, 15) is 9.59 Å². The van der Waals surface area contributed by atoms with Crippen LogP contribution in [0.15, 0.2) is 47.6 Å². The summed E-state index contributed by atoms with van der Waals surface area (Å²) in [5.41, 5.74) is 4.68. The Morgan fingerprint density at radius 1 is 1.15 bits per heavy atom. The number of carbonyl (C=O) groups excluding carboxylic acids is 2. The highest BCUT2D eigenvalue weighted by Gasteiger charge is 2.33. The number of hydrogen-bond donors (Lipinski definition) is 3. The Bertz CT molecular complexity index is 941. The molecule has 0 radical (unpaired) electrons. The SMILES string of the molecule is CC1(C)CC(=O)NN=C1c1cccc(NC(=O)Nc2cccc(Cl)c2Cl)c1. The summed E-state index contributed by atoms with van der Waals surface area (Å²) in [7, 11) is 0. The van der Waals surface area contributed by atoms with Crippen molar-refractivity contribution >= 4 is 52.2 Å². The number of anilines is 2. The maximum Gasteiger partial charge on any atom is 0.323 e. The molecule has 0 bridgehead atoms. The largest absolute Gasteiger partial charge is 0.323 e. The van der Waals surface area contributed by atoms with E-state index in [-0.39, 0.29) is 10.9 Å². The predicted molar refractivity (Wildman–Crippen MR) is 109 cm³/mol. The molecule has 6 nitrogen and oxygen atoms in total. The second-order valence-corrected chi connectivity index (χ2v) is 7.60. The smallest absolute Gasteiger partial charge is 0.308 e. The van der Waals surface area contributed by atoms with Gasteiger partial charge in [-0.25, -0.2) is 10.2 Å². The summed E-state index contributed by atoms with van der Waals surface area (Å²) in [6.45, 7) is 3.91. The molecule has 0 saturated carbocycles. The van der Waals surface area contributed by atoms with Gasteiger partial charge in [-0.05, 0) is 24.3 Å². The van der Waals surface area contributed by atoms with E-state index in [4.69, 9.17) is 23.2 Å². The van der Waals surface area contributed by atoms with Crippen LogP contribution in [0.5, 0.6) is 0 Å². The number of hydrogen-bond acceptors (Lipinski definition) is 3. The lowest BCUT2D eigenvalue weighted by atomic mass is 9.79. The van der Waals surface area contributed by atoms with Gasteiger partial charge < -0.3 is 10.6 Å². The van der Waals surface area contributed by atoms with Crippen molar-refractivity contribution in [3.05, 3.63) is 58.1 Å². The van der Waals surface area contributed by atoms with Gasteiger partial charge in [0.1, 0.15) is 0 Å². The zero-order valence-electron chi connectivity index (χ0n) is 14.8. The fourth-order valence-electron chi connectivity index (χ4n) is 2.88. The van der Waals surface area contributed by atoms with E-state index in [0.717, 1.165) is 11.3 Å². The Kier molecular flexibility index (Phi) is 5.39. The summed E-state index contributed by atoms with van der Waals surface area (Å²) in [5, 5.41) is 10.3. The van der Waals surface area contributed by atoms with Crippen LogP contribution in [0.4, 0.5) is 16.2 Å². The lowest BCUT2D eigenvalue weighted by molar-refractivity contribution is -0.122. The molecule has 2 aromatic carbocycles. The van der Waals surface area contributed by atoms with E-state index in [2.05, 4.69) is 21.2 Å². The van der Waals surface area contributed by atoms with Crippen LogP contribution in [0.25, 0.3) is 0 Å². The van der Waals surface area contributed by atoms with Gasteiger partial charge in [0.25, 0.3) is 0 Å². The predicted octanol–water partition coefficient (Wildman–Crippen LogP) is 4.89. The van der Waals surface area contributed by atoms with Gasteiger partial charge in [-0.3, -0.25) is 4.79 Å². The second-order valence-electron chi connectivity index (χ2n) is 6.82. The molecule has 0 fully saturated rings. The zero-order valence-corrected chi connectivity index (χ0v) is 16.3. The van der Waals surface area contributed by atoms with Gasteiger partial charge in [0.05, 0.1) is 21.4 Å². The van der Waals surface area contributed by atoms with Crippen molar-refractivity contribution in [2.75, 3.05) is 10.6 Å². The molecule has 1 heterocycles. The Morgan fingerprint density at radius 2 is 1.89 bits per heavy atom. The molecule has 3 amide bonds. The number of nitrogens with one attached hydrogen (secondary N) is 3. The molecule has 0 unspecified atom stereocenters. The van der Waals surface area contributed by atoms with Crippen LogP contribution in [0.3, 0.4) is 0 Å². The average Bonchev–Trinajstić information content (AvgIpc) is 2.58. The Hall–Kier alpha value is -2.57. The highest BCUT2D eigenvalue weighted by Crippen LogP contribution is 2.31. The third kappa shape index (κ3) is 4.40. The number of nitrogens with zero attached hydrogens (tertiary/aromatic N) is 1. The molecule has 140 valence electrons. The average molecular weight is 405 g/mol. The van der Waals surface area contributed by atoms with Crippen molar-refractivity contribution < 1.29 is 9.59 Å². The fourth-order valence-corrected chi connectivity index (χ4v) is 3.23. The number of rotatable bonds is 3. The minimum Gasteiger partial charge on any atom is -0.308 e. The maximum absolute atomic E-state index is 12.3. The minimum atomic E-state index is -0.450. The van der Waals surface area contributed by atoms with Crippen molar-refractivity contribution in [2.45, 2.75) is 20.3 Å². The molecule has 27 heavy (non-hydrogen) atoms.